The third-order valence-corrected chi connectivity index (χ3v) is 2.35. The Morgan fingerprint density at radius 2 is 1.80 bits per heavy atom. The first kappa shape index (κ1) is 15.5. The number of aliphatic carboxylic acids is 2. The summed E-state index contributed by atoms with van der Waals surface area (Å²) in [5, 5.41) is 19.4. The van der Waals surface area contributed by atoms with Gasteiger partial charge in [0.15, 0.2) is 0 Å². The van der Waals surface area contributed by atoms with E-state index in [1.54, 1.807) is 24.3 Å². The Kier molecular flexibility index (Phi) is 6.02. The topological polar surface area (TPSA) is 113 Å². The van der Waals surface area contributed by atoms with Crippen LogP contribution >= 0.6 is 0 Å². The first-order valence-electron chi connectivity index (χ1n) is 5.91. The molecule has 0 saturated heterocycles. The standard InChI is InChI=1S/C13H15NO6/c15-11(14-10(13(18)19)8-12(16)17)6-7-20-9-4-2-1-3-5-9/h1-5,10H,6-8H2,(H,14,15)(H,16,17)(H,18,19)/t10-/m0/s1. The second kappa shape index (κ2) is 7.78. The minimum absolute atomic E-state index is 0.0572. The zero-order chi connectivity index (χ0) is 15.0. The van der Waals surface area contributed by atoms with Gasteiger partial charge in [-0.2, -0.15) is 0 Å². The van der Waals surface area contributed by atoms with Gasteiger partial charge in [-0.1, -0.05) is 18.2 Å². The van der Waals surface area contributed by atoms with Crippen molar-refractivity contribution in [3.05, 3.63) is 30.3 Å². The second-order valence-corrected chi connectivity index (χ2v) is 3.97. The maximum Gasteiger partial charge on any atom is 0.326 e. The van der Waals surface area contributed by atoms with Crippen LogP contribution in [0, 0.1) is 0 Å². The number of nitrogens with one attached hydrogen (secondary N) is 1. The maximum atomic E-state index is 11.5. The molecule has 0 aliphatic carbocycles. The minimum Gasteiger partial charge on any atom is -0.493 e. The molecule has 0 aromatic heterocycles. The molecule has 1 rings (SSSR count). The molecule has 3 N–H and O–H groups in total. The van der Waals surface area contributed by atoms with Crippen LogP contribution < -0.4 is 10.1 Å². The van der Waals surface area contributed by atoms with Crippen molar-refractivity contribution in [1.82, 2.24) is 5.32 Å². The Morgan fingerprint density at radius 3 is 2.35 bits per heavy atom. The van der Waals surface area contributed by atoms with Gasteiger partial charge in [-0.25, -0.2) is 4.79 Å². The van der Waals surface area contributed by atoms with Gasteiger partial charge in [0.2, 0.25) is 5.91 Å². The van der Waals surface area contributed by atoms with Crippen molar-refractivity contribution in [3.63, 3.8) is 0 Å². The first-order chi connectivity index (χ1) is 9.49. The highest BCUT2D eigenvalue weighted by atomic mass is 16.5. The van der Waals surface area contributed by atoms with Gasteiger partial charge < -0.3 is 20.3 Å². The summed E-state index contributed by atoms with van der Waals surface area (Å²) in [4.78, 5) is 32.7. The van der Waals surface area contributed by atoms with Gasteiger partial charge in [-0.15, -0.1) is 0 Å². The third-order valence-electron chi connectivity index (χ3n) is 2.35. The zero-order valence-electron chi connectivity index (χ0n) is 10.6. The number of para-hydroxylation sites is 1. The highest BCUT2D eigenvalue weighted by molar-refractivity contribution is 5.86. The van der Waals surface area contributed by atoms with Gasteiger partial charge in [0, 0.05) is 0 Å². The molecule has 0 spiro atoms. The number of hydrogen-bond donors (Lipinski definition) is 3. The number of benzene rings is 1. The van der Waals surface area contributed by atoms with Crippen molar-refractivity contribution in [2.75, 3.05) is 6.61 Å². The van der Waals surface area contributed by atoms with Crippen LogP contribution in [0.1, 0.15) is 12.8 Å². The Balaban J connectivity index is 2.35. The molecule has 7 nitrogen and oxygen atoms in total. The second-order valence-electron chi connectivity index (χ2n) is 3.97. The molecule has 0 radical (unpaired) electrons. The Hall–Kier alpha value is -2.57. The molecule has 1 aromatic rings. The van der Waals surface area contributed by atoms with Gasteiger partial charge in [0.1, 0.15) is 11.8 Å². The number of carbonyl (C=O) groups excluding carboxylic acids is 1. The van der Waals surface area contributed by atoms with Crippen LogP contribution in [0.2, 0.25) is 0 Å². The maximum absolute atomic E-state index is 11.5. The molecule has 0 unspecified atom stereocenters. The van der Waals surface area contributed by atoms with Crippen molar-refractivity contribution >= 4 is 17.8 Å². The van der Waals surface area contributed by atoms with Crippen LogP contribution in [0.4, 0.5) is 0 Å². The Bertz CT molecular complexity index is 473. The lowest BCUT2D eigenvalue weighted by Gasteiger charge is -2.12. The normalized spacial score (nSPS) is 11.4. The van der Waals surface area contributed by atoms with Gasteiger partial charge >= 0.3 is 11.9 Å². The van der Waals surface area contributed by atoms with Crippen LogP contribution in [-0.4, -0.2) is 40.7 Å². The molecule has 20 heavy (non-hydrogen) atoms. The average Bonchev–Trinajstić information content (AvgIpc) is 2.38. The zero-order valence-corrected chi connectivity index (χ0v) is 10.6. The highest BCUT2D eigenvalue weighted by Crippen LogP contribution is 2.08. The molecule has 0 bridgehead atoms. The van der Waals surface area contributed by atoms with E-state index in [-0.39, 0.29) is 13.0 Å². The molecule has 1 aromatic carbocycles. The minimum atomic E-state index is -1.43. The monoisotopic (exact) mass is 281 g/mol. The summed E-state index contributed by atoms with van der Waals surface area (Å²) >= 11 is 0. The quantitative estimate of drug-likeness (QED) is 0.639. The summed E-state index contributed by atoms with van der Waals surface area (Å²) < 4.78 is 5.28. The summed E-state index contributed by atoms with van der Waals surface area (Å²) in [7, 11) is 0. The summed E-state index contributed by atoms with van der Waals surface area (Å²) in [6.07, 6.45) is -0.723. The van der Waals surface area contributed by atoms with Crippen LogP contribution in [0.3, 0.4) is 0 Å². The van der Waals surface area contributed by atoms with Crippen LogP contribution in [-0.2, 0) is 14.4 Å². The molecule has 0 aliphatic heterocycles. The molecule has 108 valence electrons. The van der Waals surface area contributed by atoms with Crippen LogP contribution in [0.15, 0.2) is 30.3 Å². The molecule has 1 atom stereocenters. The molecule has 0 aliphatic rings. The van der Waals surface area contributed by atoms with E-state index in [9.17, 15) is 14.4 Å². The van der Waals surface area contributed by atoms with Gasteiger partial charge in [0.05, 0.1) is 19.4 Å². The number of ether oxygens (including phenoxy) is 1. The summed E-state index contributed by atoms with van der Waals surface area (Å²) in [6, 6.07) is 7.40. The van der Waals surface area contributed by atoms with E-state index >= 15 is 0 Å². The summed E-state index contributed by atoms with van der Waals surface area (Å²) in [5.74, 6) is -2.65. The average molecular weight is 281 g/mol. The van der Waals surface area contributed by atoms with E-state index in [4.69, 9.17) is 14.9 Å². The van der Waals surface area contributed by atoms with Crippen molar-refractivity contribution in [2.24, 2.45) is 0 Å². The molecule has 0 saturated carbocycles. The molecule has 0 heterocycles. The predicted octanol–water partition coefficient (Wildman–Crippen LogP) is 0.500. The van der Waals surface area contributed by atoms with Crippen molar-refractivity contribution in [2.45, 2.75) is 18.9 Å². The van der Waals surface area contributed by atoms with Crippen molar-refractivity contribution in [1.29, 1.82) is 0 Å². The van der Waals surface area contributed by atoms with Gasteiger partial charge in [0.25, 0.3) is 0 Å². The van der Waals surface area contributed by atoms with Crippen LogP contribution in [0.25, 0.3) is 0 Å². The molecule has 1 amide bonds. The lowest BCUT2D eigenvalue weighted by molar-refractivity contribution is -0.147. The number of amides is 1. The number of carboxylic acid groups (broad SMARTS) is 2. The van der Waals surface area contributed by atoms with Crippen molar-refractivity contribution < 1.29 is 29.3 Å². The SMILES string of the molecule is O=C(O)C[C@H](NC(=O)CCOc1ccccc1)C(=O)O. The number of hydrogen-bond acceptors (Lipinski definition) is 4. The number of rotatable bonds is 8. The lowest BCUT2D eigenvalue weighted by Crippen LogP contribution is -2.42. The van der Waals surface area contributed by atoms with Gasteiger partial charge in [-0.05, 0) is 12.1 Å². The molecule has 0 fully saturated rings. The van der Waals surface area contributed by atoms with E-state index in [1.165, 1.54) is 0 Å². The fourth-order valence-electron chi connectivity index (χ4n) is 1.42. The van der Waals surface area contributed by atoms with E-state index < -0.39 is 30.3 Å². The predicted molar refractivity (Wildman–Crippen MR) is 68.4 cm³/mol. The largest absolute Gasteiger partial charge is 0.493 e. The lowest BCUT2D eigenvalue weighted by atomic mass is 10.2. The van der Waals surface area contributed by atoms with Gasteiger partial charge in [-0.3, -0.25) is 9.59 Å². The smallest absolute Gasteiger partial charge is 0.326 e. The number of carbonyl (C=O) groups is 3. The van der Waals surface area contributed by atoms with E-state index in [0.29, 0.717) is 5.75 Å². The van der Waals surface area contributed by atoms with Crippen molar-refractivity contribution in [3.8, 4) is 5.75 Å². The number of carboxylic acids is 2. The summed E-state index contributed by atoms with van der Waals surface area (Å²) in [6.45, 7) is 0.0786. The summed E-state index contributed by atoms with van der Waals surface area (Å²) in [5.41, 5.74) is 0. The first-order valence-corrected chi connectivity index (χ1v) is 5.91. The molecule has 7 heteroatoms. The van der Waals surface area contributed by atoms with Crippen LogP contribution in [0.5, 0.6) is 5.75 Å². The van der Waals surface area contributed by atoms with E-state index in [0.717, 1.165) is 0 Å². The Morgan fingerprint density at radius 1 is 1.15 bits per heavy atom. The van der Waals surface area contributed by atoms with E-state index in [1.807, 2.05) is 6.07 Å². The highest BCUT2D eigenvalue weighted by Gasteiger charge is 2.22. The third kappa shape index (κ3) is 5.85. The molecular weight excluding hydrogens is 266 g/mol. The Labute approximate surface area is 115 Å². The van der Waals surface area contributed by atoms with E-state index in [2.05, 4.69) is 5.32 Å². The molecular formula is C13H15NO6. The fraction of sp³-hybridized carbons (Fsp3) is 0.308. The fourth-order valence-corrected chi connectivity index (χ4v) is 1.42.